The zero-order valence-corrected chi connectivity index (χ0v) is 39.1. The van der Waals surface area contributed by atoms with Crippen molar-refractivity contribution in [3.8, 4) is 0 Å². The van der Waals surface area contributed by atoms with E-state index < -0.39 is 90.7 Å². The Morgan fingerprint density at radius 2 is 1.67 bits per heavy atom. The molecule has 64 heavy (non-hydrogen) atoms. The quantitative estimate of drug-likeness (QED) is 0.0304. The van der Waals surface area contributed by atoms with Crippen LogP contribution in [0.4, 0.5) is 5.82 Å². The lowest BCUT2D eigenvalue weighted by molar-refractivity contribution is -0.137. The smallest absolute Gasteiger partial charge is 0.392 e. The number of nitrogens with two attached hydrogens (primary N) is 1. The average Bonchev–Trinajstić information content (AvgIpc) is 3.76. The number of allylic oxidation sites excluding steroid dienone is 1. The Bertz CT molecular complexity index is 2010. The monoisotopic (exact) mass is 991 g/mol. The highest BCUT2D eigenvalue weighted by molar-refractivity contribution is 8.13. The number of hydrogen-bond acceptors (Lipinski definition) is 19. The number of aliphatic hydroxyl groups excluding tert-OH is 3. The molecule has 0 spiro atoms. The molecule has 2 aromatic heterocycles. The SMILES string of the molecule is CCCCCCCCC=CCC(O)CC(=O)SCCNC(=O)CCNC(=O)C(O)C(C)(C)COP(=O)(O)OP(=O)(O)OCC1OC(n2cnc3c(N)ncnc32)C(O)C1OP(=O)(O)O. The summed E-state index contributed by atoms with van der Waals surface area (Å²) in [6.45, 7) is 2.54. The van der Waals surface area contributed by atoms with Gasteiger partial charge >= 0.3 is 23.5 Å². The third-order valence-electron chi connectivity index (χ3n) is 9.47. The molecule has 3 rings (SSSR count). The fourth-order valence-electron chi connectivity index (χ4n) is 6.04. The first kappa shape index (κ1) is 55.6. The molecule has 1 aliphatic heterocycles. The van der Waals surface area contributed by atoms with Gasteiger partial charge in [-0.15, -0.1) is 0 Å². The van der Waals surface area contributed by atoms with Crippen molar-refractivity contribution >= 4 is 69.1 Å². The molecule has 0 radical (unpaired) electrons. The Balaban J connectivity index is 1.37. The molecule has 364 valence electrons. The summed E-state index contributed by atoms with van der Waals surface area (Å²) >= 11 is 0.971. The zero-order valence-electron chi connectivity index (χ0n) is 35.6. The number of aliphatic hydroxyl groups is 3. The standard InChI is InChI=1S/C35H60N7O18P3S/c1-4-5-6-7-8-9-10-11-12-13-23(43)18-26(45)64-17-16-37-25(44)14-15-38-33(48)30(47)35(2,3)20-57-63(54,55)60-62(52,53)56-19-24-29(59-61(49,50)51)28(46)34(58-24)42-22-41-27-31(36)39-21-40-32(27)42/h11-12,21-24,28-30,34,43,46-47H,4-10,13-20H2,1-3H3,(H,37,44)(H,38,48)(H,52,53)(H,54,55)(H2,36,39,40)(H2,49,50,51). The Kier molecular flexibility index (Phi) is 22.6. The molecule has 0 bridgehead atoms. The van der Waals surface area contributed by atoms with Gasteiger partial charge in [-0.1, -0.05) is 76.8 Å². The van der Waals surface area contributed by atoms with Crippen molar-refractivity contribution in [1.82, 2.24) is 30.2 Å². The van der Waals surface area contributed by atoms with Gasteiger partial charge in [0.2, 0.25) is 11.8 Å². The molecule has 2 aromatic rings. The van der Waals surface area contributed by atoms with Gasteiger partial charge in [-0.25, -0.2) is 28.6 Å². The third kappa shape index (κ3) is 19.2. The number of amides is 2. The van der Waals surface area contributed by atoms with Crippen molar-refractivity contribution in [2.75, 3.05) is 37.8 Å². The lowest BCUT2D eigenvalue weighted by Crippen LogP contribution is -2.46. The fourth-order valence-corrected chi connectivity index (χ4v) is 9.61. The molecule has 3 heterocycles. The van der Waals surface area contributed by atoms with Gasteiger partial charge in [-0.2, -0.15) is 4.31 Å². The van der Waals surface area contributed by atoms with Crippen molar-refractivity contribution in [2.45, 2.75) is 122 Å². The Morgan fingerprint density at radius 1 is 0.984 bits per heavy atom. The molecular formula is C35H60N7O18P3S. The number of imidazole rings is 1. The zero-order chi connectivity index (χ0) is 47.7. The molecule has 0 aromatic carbocycles. The van der Waals surface area contributed by atoms with E-state index in [1.807, 2.05) is 12.2 Å². The summed E-state index contributed by atoms with van der Waals surface area (Å²) in [6.07, 6.45) is 4.59. The lowest BCUT2D eigenvalue weighted by Gasteiger charge is -2.30. The van der Waals surface area contributed by atoms with Crippen LogP contribution in [-0.2, 0) is 50.7 Å². The van der Waals surface area contributed by atoms with Crippen molar-refractivity contribution in [3.63, 3.8) is 0 Å². The van der Waals surface area contributed by atoms with Gasteiger partial charge in [0.15, 0.2) is 22.8 Å². The van der Waals surface area contributed by atoms with E-state index in [0.717, 1.165) is 41.8 Å². The van der Waals surface area contributed by atoms with Gasteiger partial charge in [0.1, 0.15) is 36.3 Å². The number of nitrogen functional groups attached to an aromatic ring is 1. The molecule has 0 saturated carbocycles. The molecule has 0 aliphatic carbocycles. The Hall–Kier alpha value is -2.74. The first-order chi connectivity index (χ1) is 29.9. The van der Waals surface area contributed by atoms with E-state index in [4.69, 9.17) is 19.5 Å². The van der Waals surface area contributed by atoms with E-state index in [2.05, 4.69) is 41.3 Å². The molecule has 2 amide bonds. The number of phosphoric acid groups is 3. The van der Waals surface area contributed by atoms with E-state index >= 15 is 0 Å². The number of ether oxygens (including phenoxy) is 1. The van der Waals surface area contributed by atoms with Crippen LogP contribution in [0.5, 0.6) is 0 Å². The summed E-state index contributed by atoms with van der Waals surface area (Å²) in [5.41, 5.74) is 4.24. The average molecular weight is 992 g/mol. The van der Waals surface area contributed by atoms with Crippen LogP contribution in [0.1, 0.15) is 91.2 Å². The molecular weight excluding hydrogens is 931 g/mol. The highest BCUT2D eigenvalue weighted by atomic mass is 32.2. The largest absolute Gasteiger partial charge is 0.481 e. The normalized spacial score (nSPS) is 21.1. The number of unbranched alkanes of at least 4 members (excludes halogenated alkanes) is 6. The number of anilines is 1. The topological polar surface area (TPSA) is 384 Å². The molecule has 8 unspecified atom stereocenters. The number of fused-ring (bicyclic) bond motifs is 1. The molecule has 1 saturated heterocycles. The maximum atomic E-state index is 12.7. The van der Waals surface area contributed by atoms with Crippen LogP contribution < -0.4 is 16.4 Å². The number of nitrogens with zero attached hydrogens (tertiary/aromatic N) is 4. The summed E-state index contributed by atoms with van der Waals surface area (Å²) in [5, 5.41) is 36.4. The van der Waals surface area contributed by atoms with Crippen LogP contribution in [0.3, 0.4) is 0 Å². The lowest BCUT2D eigenvalue weighted by atomic mass is 9.87. The number of rotatable bonds is 30. The first-order valence-corrected chi connectivity index (χ1v) is 25.8. The van der Waals surface area contributed by atoms with E-state index in [9.17, 15) is 63.0 Å². The summed E-state index contributed by atoms with van der Waals surface area (Å²) in [6, 6.07) is 0. The maximum Gasteiger partial charge on any atom is 0.481 e. The number of phosphoric ester groups is 3. The van der Waals surface area contributed by atoms with Crippen molar-refractivity contribution in [3.05, 3.63) is 24.8 Å². The van der Waals surface area contributed by atoms with Gasteiger partial charge in [0, 0.05) is 37.1 Å². The Labute approximate surface area is 373 Å². The summed E-state index contributed by atoms with van der Waals surface area (Å²) in [7, 11) is -16.4. The second-order valence-electron chi connectivity index (χ2n) is 15.4. The minimum Gasteiger partial charge on any atom is -0.392 e. The van der Waals surface area contributed by atoms with Crippen LogP contribution in [0.25, 0.3) is 11.2 Å². The molecule has 25 nitrogen and oxygen atoms in total. The number of carbonyl (C=O) groups is 3. The predicted molar refractivity (Wildman–Crippen MR) is 229 cm³/mol. The molecule has 29 heteroatoms. The highest BCUT2D eigenvalue weighted by Crippen LogP contribution is 2.61. The second-order valence-corrected chi connectivity index (χ2v) is 20.8. The third-order valence-corrected chi connectivity index (χ3v) is 13.5. The van der Waals surface area contributed by atoms with E-state index in [0.29, 0.717) is 6.42 Å². The van der Waals surface area contributed by atoms with Crippen LogP contribution in [0, 0.1) is 5.41 Å². The van der Waals surface area contributed by atoms with Gasteiger partial charge in [-0.05, 0) is 19.3 Å². The molecule has 8 atom stereocenters. The van der Waals surface area contributed by atoms with Crippen molar-refractivity contribution in [1.29, 1.82) is 0 Å². The number of carbonyl (C=O) groups excluding carboxylic acids is 3. The molecule has 1 aliphatic rings. The van der Waals surface area contributed by atoms with Crippen LogP contribution in [0.15, 0.2) is 24.8 Å². The predicted octanol–water partition coefficient (Wildman–Crippen LogP) is 2.11. The maximum absolute atomic E-state index is 12.7. The number of thioether (sulfide) groups is 1. The molecule has 11 N–H and O–H groups in total. The first-order valence-electron chi connectivity index (χ1n) is 20.3. The number of hydrogen-bond donors (Lipinski definition) is 10. The van der Waals surface area contributed by atoms with Crippen molar-refractivity contribution in [2.24, 2.45) is 5.41 Å². The number of aromatic nitrogens is 4. The van der Waals surface area contributed by atoms with Gasteiger partial charge < -0.3 is 56.0 Å². The summed E-state index contributed by atoms with van der Waals surface area (Å²) in [4.78, 5) is 88.2. The fraction of sp³-hybridized carbons (Fsp3) is 0.714. The van der Waals surface area contributed by atoms with E-state index in [1.54, 1.807) is 0 Å². The van der Waals surface area contributed by atoms with Crippen LogP contribution in [0.2, 0.25) is 0 Å². The van der Waals surface area contributed by atoms with Crippen LogP contribution >= 0.6 is 35.2 Å². The second kappa shape index (κ2) is 26.0. The summed E-state index contributed by atoms with van der Waals surface area (Å²) in [5.74, 6) is -1.25. The number of nitrogens with one attached hydrogen (secondary N) is 2. The van der Waals surface area contributed by atoms with Crippen molar-refractivity contribution < 1.29 is 85.6 Å². The highest BCUT2D eigenvalue weighted by Gasteiger charge is 2.50. The minimum atomic E-state index is -5.59. The Morgan fingerprint density at radius 3 is 2.38 bits per heavy atom. The van der Waals surface area contributed by atoms with E-state index in [1.165, 1.54) is 46.0 Å². The van der Waals surface area contributed by atoms with Gasteiger partial charge in [-0.3, -0.25) is 32.5 Å². The van der Waals surface area contributed by atoms with Gasteiger partial charge in [0.05, 0.1) is 25.6 Å². The minimum absolute atomic E-state index is 0.0259. The molecule has 1 fully saturated rings. The van der Waals surface area contributed by atoms with Gasteiger partial charge in [0.25, 0.3) is 0 Å². The summed E-state index contributed by atoms with van der Waals surface area (Å²) < 4.78 is 62.3. The van der Waals surface area contributed by atoms with E-state index in [-0.39, 0.29) is 53.8 Å². The van der Waals surface area contributed by atoms with Crippen LogP contribution in [-0.4, -0.2) is 134 Å².